The van der Waals surface area contributed by atoms with Crippen molar-refractivity contribution in [2.75, 3.05) is 10.2 Å². The first-order valence-electron chi connectivity index (χ1n) is 8.76. The number of nitrogens with zero attached hydrogens (tertiary/aromatic N) is 2. The number of nitro benzene ring substituents is 1. The number of hydrogen-bond donors (Lipinski definition) is 1. The molecule has 1 aromatic rings. The molecule has 3 amide bonds. The van der Waals surface area contributed by atoms with Crippen LogP contribution in [0.15, 0.2) is 18.2 Å². The maximum atomic E-state index is 12.9. The number of carbonyl (C=O) groups excluding carboxylic acids is 4. The molecule has 9 nitrogen and oxygen atoms in total. The number of nitro groups is 1. The summed E-state index contributed by atoms with van der Waals surface area (Å²) in [6.07, 6.45) is 1.67. The van der Waals surface area contributed by atoms with E-state index in [-0.39, 0.29) is 23.1 Å². The number of ketones is 1. The van der Waals surface area contributed by atoms with Crippen LogP contribution in [0.25, 0.3) is 0 Å². The second-order valence-corrected chi connectivity index (χ2v) is 7.32. The molecule has 140 valence electrons. The van der Waals surface area contributed by atoms with Gasteiger partial charge in [0.05, 0.1) is 22.4 Å². The normalized spacial score (nSPS) is 29.1. The number of fused-ring (bicyclic) bond motifs is 2. The molecule has 5 rings (SSSR count). The highest BCUT2D eigenvalue weighted by Gasteiger charge is 2.61. The average molecular weight is 371 g/mol. The van der Waals surface area contributed by atoms with Crippen molar-refractivity contribution in [3.8, 4) is 0 Å². The largest absolute Gasteiger partial charge is 0.321 e. The number of rotatable bonds is 3. The topological polar surface area (TPSA) is 127 Å². The van der Waals surface area contributed by atoms with Gasteiger partial charge in [-0.1, -0.05) is 0 Å². The van der Waals surface area contributed by atoms with Gasteiger partial charge in [-0.05, 0) is 30.9 Å². The summed E-state index contributed by atoms with van der Waals surface area (Å²) in [6.45, 7) is 1.22. The van der Waals surface area contributed by atoms with Gasteiger partial charge in [0.1, 0.15) is 11.5 Å². The highest BCUT2D eigenvalue weighted by atomic mass is 16.6. The number of carbonyl (C=O) groups is 4. The quantitative estimate of drug-likeness (QED) is 0.489. The van der Waals surface area contributed by atoms with Gasteiger partial charge in [-0.25, -0.2) is 4.90 Å². The first-order chi connectivity index (χ1) is 12.8. The Balaban J connectivity index is 1.74. The summed E-state index contributed by atoms with van der Waals surface area (Å²) in [6, 6.07) is 3.81. The van der Waals surface area contributed by atoms with Crippen molar-refractivity contribution in [1.82, 2.24) is 0 Å². The third-order valence-corrected chi connectivity index (χ3v) is 5.81. The third kappa shape index (κ3) is 2.53. The van der Waals surface area contributed by atoms with Gasteiger partial charge in [-0.15, -0.1) is 0 Å². The fourth-order valence-electron chi connectivity index (χ4n) is 4.74. The van der Waals surface area contributed by atoms with Gasteiger partial charge < -0.3 is 5.32 Å². The molecule has 2 bridgehead atoms. The molecule has 1 N–H and O–H groups in total. The molecule has 1 saturated heterocycles. The Hall–Kier alpha value is -3.10. The predicted molar refractivity (Wildman–Crippen MR) is 92.7 cm³/mol. The van der Waals surface area contributed by atoms with Crippen molar-refractivity contribution in [3.05, 3.63) is 28.3 Å². The number of hydrogen-bond acceptors (Lipinski definition) is 6. The maximum Gasteiger partial charge on any atom is 0.294 e. The van der Waals surface area contributed by atoms with Crippen LogP contribution in [0.3, 0.4) is 0 Å². The van der Waals surface area contributed by atoms with Crippen LogP contribution in [0.2, 0.25) is 0 Å². The van der Waals surface area contributed by atoms with Crippen molar-refractivity contribution >= 4 is 40.6 Å². The third-order valence-electron chi connectivity index (χ3n) is 5.81. The summed E-state index contributed by atoms with van der Waals surface area (Å²) >= 11 is 0. The van der Waals surface area contributed by atoms with E-state index in [2.05, 4.69) is 5.32 Å². The highest BCUT2D eigenvalue weighted by molar-refractivity contribution is 6.23. The van der Waals surface area contributed by atoms with E-state index in [9.17, 15) is 29.3 Å². The number of nitrogens with one attached hydrogen (secondary N) is 1. The standard InChI is InChI=1S/C18H17N3O6/c1-8(22)19-12-5-3-10(7-13(12)21(26)27)20-17(24)15-9-2-4-11(14(23)6-9)16(15)18(20)25/h3,5,7,9,11,15-16H,2,4,6H2,1H3,(H,19,22). The van der Waals surface area contributed by atoms with E-state index >= 15 is 0 Å². The summed E-state index contributed by atoms with van der Waals surface area (Å²) in [4.78, 5) is 60.9. The van der Waals surface area contributed by atoms with Gasteiger partial charge in [-0.3, -0.25) is 29.3 Å². The number of Topliss-reactive ketones (excluding diaryl/α,β-unsaturated/α-hetero) is 1. The number of benzene rings is 1. The Morgan fingerprint density at radius 1 is 1.19 bits per heavy atom. The maximum absolute atomic E-state index is 12.9. The minimum Gasteiger partial charge on any atom is -0.321 e. The van der Waals surface area contributed by atoms with E-state index in [0.717, 1.165) is 17.4 Å². The van der Waals surface area contributed by atoms with E-state index in [1.165, 1.54) is 19.1 Å². The minimum atomic E-state index is -0.680. The molecule has 0 spiro atoms. The molecule has 1 aromatic carbocycles. The number of anilines is 2. The van der Waals surface area contributed by atoms with Gasteiger partial charge in [0.2, 0.25) is 17.7 Å². The molecule has 9 heteroatoms. The monoisotopic (exact) mass is 371 g/mol. The van der Waals surface area contributed by atoms with Crippen LogP contribution in [-0.2, 0) is 19.2 Å². The van der Waals surface area contributed by atoms with Crippen molar-refractivity contribution < 1.29 is 24.1 Å². The summed E-state index contributed by atoms with van der Waals surface area (Å²) in [5.74, 6) is -3.06. The van der Waals surface area contributed by atoms with E-state index in [1.54, 1.807) is 0 Å². The Morgan fingerprint density at radius 2 is 1.89 bits per heavy atom. The summed E-state index contributed by atoms with van der Waals surface area (Å²) < 4.78 is 0. The van der Waals surface area contributed by atoms with Crippen molar-refractivity contribution in [2.24, 2.45) is 23.7 Å². The van der Waals surface area contributed by atoms with Crippen LogP contribution in [0.5, 0.6) is 0 Å². The van der Waals surface area contributed by atoms with Crippen molar-refractivity contribution in [1.29, 1.82) is 0 Å². The smallest absolute Gasteiger partial charge is 0.294 e. The molecule has 1 heterocycles. The summed E-state index contributed by atoms with van der Waals surface area (Å²) in [7, 11) is 0. The zero-order valence-corrected chi connectivity index (χ0v) is 14.5. The molecule has 27 heavy (non-hydrogen) atoms. The van der Waals surface area contributed by atoms with E-state index in [0.29, 0.717) is 12.8 Å². The lowest BCUT2D eigenvalue weighted by molar-refractivity contribution is -0.383. The van der Waals surface area contributed by atoms with Gasteiger partial charge >= 0.3 is 0 Å². The average Bonchev–Trinajstić information content (AvgIpc) is 2.88. The van der Waals surface area contributed by atoms with E-state index in [1.807, 2.05) is 0 Å². The predicted octanol–water partition coefficient (Wildman–Crippen LogP) is 1.66. The molecule has 4 atom stereocenters. The summed E-state index contributed by atoms with van der Waals surface area (Å²) in [5.41, 5.74) is -0.327. The number of amides is 3. The second-order valence-electron chi connectivity index (χ2n) is 7.32. The van der Waals surface area contributed by atoms with E-state index < -0.39 is 46.1 Å². The molecule has 3 aliphatic carbocycles. The van der Waals surface area contributed by atoms with E-state index in [4.69, 9.17) is 0 Å². The molecular formula is C18H17N3O6. The lowest BCUT2D eigenvalue weighted by Gasteiger charge is -2.41. The van der Waals surface area contributed by atoms with Crippen LogP contribution in [0.1, 0.15) is 26.2 Å². The van der Waals surface area contributed by atoms with Crippen molar-refractivity contribution in [3.63, 3.8) is 0 Å². The lowest BCUT2D eigenvalue weighted by Crippen LogP contribution is -2.46. The van der Waals surface area contributed by atoms with Gasteiger partial charge in [0, 0.05) is 25.3 Å². The fraction of sp³-hybridized carbons (Fsp3) is 0.444. The van der Waals surface area contributed by atoms with Crippen LogP contribution >= 0.6 is 0 Å². The molecule has 4 fully saturated rings. The summed E-state index contributed by atoms with van der Waals surface area (Å²) in [5, 5.41) is 13.7. The Labute approximate surface area is 153 Å². The molecule has 0 aromatic heterocycles. The first kappa shape index (κ1) is 17.3. The van der Waals surface area contributed by atoms with Crippen LogP contribution in [0, 0.1) is 33.8 Å². The fourth-order valence-corrected chi connectivity index (χ4v) is 4.74. The molecule has 4 aliphatic rings. The zero-order valence-electron chi connectivity index (χ0n) is 14.5. The van der Waals surface area contributed by atoms with Gasteiger partial charge in [-0.2, -0.15) is 0 Å². The van der Waals surface area contributed by atoms with Crippen LogP contribution in [-0.4, -0.2) is 28.4 Å². The minimum absolute atomic E-state index is 0.0111. The first-order valence-corrected chi connectivity index (χ1v) is 8.76. The molecule has 0 radical (unpaired) electrons. The number of imide groups is 1. The highest BCUT2D eigenvalue weighted by Crippen LogP contribution is 2.52. The molecular weight excluding hydrogens is 354 g/mol. The van der Waals surface area contributed by atoms with Gasteiger partial charge in [0.25, 0.3) is 5.69 Å². The zero-order chi connectivity index (χ0) is 19.5. The lowest BCUT2D eigenvalue weighted by atomic mass is 9.59. The molecule has 1 aliphatic heterocycles. The molecule has 4 unspecified atom stereocenters. The van der Waals surface area contributed by atoms with Crippen LogP contribution < -0.4 is 10.2 Å². The second kappa shape index (κ2) is 5.97. The Morgan fingerprint density at radius 3 is 2.52 bits per heavy atom. The Bertz CT molecular complexity index is 910. The van der Waals surface area contributed by atoms with Crippen LogP contribution in [0.4, 0.5) is 17.1 Å². The van der Waals surface area contributed by atoms with Gasteiger partial charge in [0.15, 0.2) is 0 Å². The molecule has 3 saturated carbocycles. The van der Waals surface area contributed by atoms with Crippen molar-refractivity contribution in [2.45, 2.75) is 26.2 Å². The SMILES string of the molecule is CC(=O)Nc1ccc(N2C(=O)C3C4CCC(C(=O)C4)C3C2=O)cc1[N+](=O)[O-]. The Kier molecular flexibility index (Phi) is 3.83.